The van der Waals surface area contributed by atoms with E-state index in [9.17, 15) is 0 Å². The standard InChI is InChI=1S/C21H21N3O2S/c1-13-6-17(26-12-14-2-4-25-11-14)7-16-9-23-21(24-20(13)16)18-8-15-3-5-27-19(15)10-22-18/h3,5-10,14,21,23H,2,4,11-12H2,1H3/t14?,21-/m1/s1. The van der Waals surface area contributed by atoms with Gasteiger partial charge in [0.05, 0.1) is 29.0 Å². The van der Waals surface area contributed by atoms with E-state index in [2.05, 4.69) is 46.9 Å². The Labute approximate surface area is 161 Å². The Morgan fingerprint density at radius 1 is 1.33 bits per heavy atom. The van der Waals surface area contributed by atoms with Crippen LogP contribution in [0.1, 0.15) is 23.8 Å². The summed E-state index contributed by atoms with van der Waals surface area (Å²) in [5, 5.41) is 8.73. The van der Waals surface area contributed by atoms with Crippen LogP contribution in [0.3, 0.4) is 0 Å². The lowest BCUT2D eigenvalue weighted by Gasteiger charge is -2.18. The van der Waals surface area contributed by atoms with E-state index in [1.807, 2.05) is 12.4 Å². The summed E-state index contributed by atoms with van der Waals surface area (Å²) in [6.07, 6.45) is 4.86. The van der Waals surface area contributed by atoms with Crippen molar-refractivity contribution in [2.75, 3.05) is 19.8 Å². The maximum atomic E-state index is 6.01. The van der Waals surface area contributed by atoms with Crippen molar-refractivity contribution in [2.45, 2.75) is 19.5 Å². The zero-order valence-electron chi connectivity index (χ0n) is 15.1. The molecule has 2 aromatic heterocycles. The van der Waals surface area contributed by atoms with Crippen LogP contribution in [0.25, 0.3) is 16.3 Å². The number of ether oxygens (including phenoxy) is 2. The Morgan fingerprint density at radius 2 is 2.30 bits per heavy atom. The van der Waals surface area contributed by atoms with Gasteiger partial charge < -0.3 is 14.8 Å². The third kappa shape index (κ3) is 3.31. The lowest BCUT2D eigenvalue weighted by molar-refractivity contribution is 0.167. The Hall–Kier alpha value is -2.44. The van der Waals surface area contributed by atoms with Crippen LogP contribution in [0.2, 0.25) is 0 Å². The minimum absolute atomic E-state index is 0.164. The van der Waals surface area contributed by atoms with E-state index in [1.54, 1.807) is 11.3 Å². The molecule has 0 saturated carbocycles. The lowest BCUT2D eigenvalue weighted by atomic mass is 10.1. The van der Waals surface area contributed by atoms with E-state index in [4.69, 9.17) is 14.5 Å². The van der Waals surface area contributed by atoms with Crippen molar-refractivity contribution in [3.8, 4) is 5.75 Å². The zero-order chi connectivity index (χ0) is 18.2. The van der Waals surface area contributed by atoms with Crippen LogP contribution in [-0.2, 0) is 4.74 Å². The Kier molecular flexibility index (Phi) is 4.30. The zero-order valence-corrected chi connectivity index (χ0v) is 16.0. The summed E-state index contributed by atoms with van der Waals surface area (Å²) >= 11 is 1.71. The van der Waals surface area contributed by atoms with Gasteiger partial charge in [-0.05, 0) is 53.9 Å². The Bertz CT molecular complexity index is 1100. The summed E-state index contributed by atoms with van der Waals surface area (Å²) in [7, 11) is 0. The van der Waals surface area contributed by atoms with Crippen LogP contribution in [0.4, 0.5) is 0 Å². The SMILES string of the molecule is Cc1cc(OCC2CCOC2)cc2c1=N[C@H](c1cc3ccsc3cn1)NC=2. The normalized spacial score (nSPS) is 21.2. The monoisotopic (exact) mass is 379 g/mol. The average Bonchev–Trinajstić information content (AvgIpc) is 3.37. The Balaban J connectivity index is 1.42. The van der Waals surface area contributed by atoms with Gasteiger partial charge in [0.15, 0.2) is 6.17 Å². The number of fused-ring (bicyclic) bond motifs is 2. The molecule has 5 rings (SSSR count). The number of thiophene rings is 1. The molecule has 3 aromatic rings. The summed E-state index contributed by atoms with van der Waals surface area (Å²) in [6.45, 7) is 4.44. The number of pyridine rings is 1. The molecule has 6 heteroatoms. The first-order valence-electron chi connectivity index (χ1n) is 9.25. The highest BCUT2D eigenvalue weighted by Gasteiger charge is 2.17. The van der Waals surface area contributed by atoms with Crippen molar-refractivity contribution < 1.29 is 9.47 Å². The van der Waals surface area contributed by atoms with E-state index < -0.39 is 0 Å². The van der Waals surface area contributed by atoms with E-state index in [0.717, 1.165) is 47.2 Å². The number of nitrogens with zero attached hydrogens (tertiary/aromatic N) is 2. The van der Waals surface area contributed by atoms with Gasteiger partial charge in [0, 0.05) is 30.1 Å². The maximum absolute atomic E-state index is 6.01. The summed E-state index contributed by atoms with van der Waals surface area (Å²) in [4.78, 5) is 9.50. The topological polar surface area (TPSA) is 55.7 Å². The van der Waals surface area contributed by atoms with Crippen LogP contribution in [-0.4, -0.2) is 24.8 Å². The minimum Gasteiger partial charge on any atom is -0.493 e. The molecule has 4 heterocycles. The molecule has 2 atom stereocenters. The third-order valence-corrected chi connectivity index (χ3v) is 5.98. The van der Waals surface area contributed by atoms with Gasteiger partial charge in [-0.3, -0.25) is 9.98 Å². The second-order valence-electron chi connectivity index (χ2n) is 7.13. The quantitative estimate of drug-likeness (QED) is 0.757. The first-order chi connectivity index (χ1) is 13.3. The predicted molar refractivity (Wildman–Crippen MR) is 106 cm³/mol. The average molecular weight is 379 g/mol. The third-order valence-electron chi connectivity index (χ3n) is 5.11. The molecule has 1 fully saturated rings. The summed E-state index contributed by atoms with van der Waals surface area (Å²) < 4.78 is 12.6. The molecular weight excluding hydrogens is 358 g/mol. The molecule has 1 N–H and O–H groups in total. The van der Waals surface area contributed by atoms with Gasteiger partial charge in [-0.15, -0.1) is 11.3 Å². The number of benzene rings is 1. The van der Waals surface area contributed by atoms with Crippen molar-refractivity contribution >= 4 is 27.6 Å². The van der Waals surface area contributed by atoms with E-state index in [-0.39, 0.29) is 6.17 Å². The van der Waals surface area contributed by atoms with Crippen molar-refractivity contribution in [3.05, 3.63) is 57.7 Å². The maximum Gasteiger partial charge on any atom is 0.162 e. The fourth-order valence-electron chi connectivity index (χ4n) is 3.59. The first-order valence-corrected chi connectivity index (χ1v) is 10.1. The smallest absolute Gasteiger partial charge is 0.162 e. The van der Waals surface area contributed by atoms with Crippen LogP contribution in [0, 0.1) is 12.8 Å². The number of hydrogen-bond acceptors (Lipinski definition) is 6. The summed E-state index contributed by atoms with van der Waals surface area (Å²) in [6, 6.07) is 8.36. The predicted octanol–water partition coefficient (Wildman–Crippen LogP) is 2.68. The second-order valence-corrected chi connectivity index (χ2v) is 8.08. The van der Waals surface area contributed by atoms with E-state index in [1.165, 1.54) is 10.1 Å². The summed E-state index contributed by atoms with van der Waals surface area (Å²) in [5.74, 6) is 1.39. The van der Waals surface area contributed by atoms with Gasteiger partial charge in [0.25, 0.3) is 0 Å². The fourth-order valence-corrected chi connectivity index (χ4v) is 4.33. The molecule has 1 saturated heterocycles. The van der Waals surface area contributed by atoms with Crippen molar-refractivity contribution in [2.24, 2.45) is 10.9 Å². The molecule has 2 aliphatic rings. The number of aromatic nitrogens is 1. The second kappa shape index (κ2) is 6.94. The number of nitrogens with one attached hydrogen (secondary N) is 1. The van der Waals surface area contributed by atoms with Crippen LogP contribution in [0.5, 0.6) is 5.75 Å². The van der Waals surface area contributed by atoms with Crippen LogP contribution >= 0.6 is 11.3 Å². The molecule has 27 heavy (non-hydrogen) atoms. The van der Waals surface area contributed by atoms with E-state index >= 15 is 0 Å². The van der Waals surface area contributed by atoms with Crippen LogP contribution in [0.15, 0.2) is 40.8 Å². The lowest BCUT2D eigenvalue weighted by Crippen LogP contribution is -2.37. The Morgan fingerprint density at radius 3 is 3.19 bits per heavy atom. The molecule has 5 nitrogen and oxygen atoms in total. The summed E-state index contributed by atoms with van der Waals surface area (Å²) in [5.41, 5.74) is 2.05. The molecule has 2 aliphatic heterocycles. The highest BCUT2D eigenvalue weighted by Crippen LogP contribution is 2.23. The van der Waals surface area contributed by atoms with Gasteiger partial charge >= 0.3 is 0 Å². The van der Waals surface area contributed by atoms with Crippen molar-refractivity contribution in [1.29, 1.82) is 0 Å². The first kappa shape index (κ1) is 16.7. The van der Waals surface area contributed by atoms with Gasteiger partial charge in [-0.1, -0.05) is 0 Å². The van der Waals surface area contributed by atoms with Crippen molar-refractivity contribution in [3.63, 3.8) is 0 Å². The molecule has 138 valence electrons. The highest BCUT2D eigenvalue weighted by molar-refractivity contribution is 7.17. The molecule has 0 radical (unpaired) electrons. The molecule has 0 amide bonds. The molecule has 0 spiro atoms. The molecule has 1 unspecified atom stereocenters. The highest BCUT2D eigenvalue weighted by atomic mass is 32.1. The largest absolute Gasteiger partial charge is 0.493 e. The number of aryl methyl sites for hydroxylation is 1. The van der Waals surface area contributed by atoms with Gasteiger partial charge in [-0.2, -0.15) is 0 Å². The van der Waals surface area contributed by atoms with Crippen molar-refractivity contribution in [1.82, 2.24) is 10.3 Å². The van der Waals surface area contributed by atoms with Crippen LogP contribution < -0.4 is 20.6 Å². The fraction of sp³-hybridized carbons (Fsp3) is 0.333. The molecule has 0 bridgehead atoms. The van der Waals surface area contributed by atoms with Gasteiger partial charge in [0.1, 0.15) is 5.75 Å². The van der Waals surface area contributed by atoms with Gasteiger partial charge in [0.2, 0.25) is 0 Å². The molecule has 1 aromatic carbocycles. The van der Waals surface area contributed by atoms with E-state index in [0.29, 0.717) is 12.5 Å². The minimum atomic E-state index is -0.164. The number of rotatable bonds is 4. The van der Waals surface area contributed by atoms with Gasteiger partial charge in [-0.25, -0.2) is 0 Å². The molecule has 0 aliphatic carbocycles. The molecular formula is C21H21N3O2S. The number of hydrogen-bond donors (Lipinski definition) is 1.